The van der Waals surface area contributed by atoms with Gasteiger partial charge in [-0.1, -0.05) is 41.9 Å². The van der Waals surface area contributed by atoms with Crippen LogP contribution in [0.25, 0.3) is 6.08 Å². The first-order chi connectivity index (χ1) is 15.8. The second kappa shape index (κ2) is 9.74. The summed E-state index contributed by atoms with van der Waals surface area (Å²) in [6, 6.07) is 10.1. The van der Waals surface area contributed by atoms with Crippen molar-refractivity contribution in [3.8, 4) is 5.75 Å². The van der Waals surface area contributed by atoms with Gasteiger partial charge >= 0.3 is 0 Å². The fourth-order valence-corrected chi connectivity index (χ4v) is 5.18. The number of benzene rings is 1. The largest absolute Gasteiger partial charge is 0.485 e. The van der Waals surface area contributed by atoms with Crippen LogP contribution in [-0.4, -0.2) is 54.7 Å². The van der Waals surface area contributed by atoms with Gasteiger partial charge in [-0.15, -0.1) is 0 Å². The highest BCUT2D eigenvalue weighted by Crippen LogP contribution is 2.45. The number of rotatable bonds is 6. The molecule has 1 aromatic heterocycles. The minimum Gasteiger partial charge on any atom is -0.485 e. The molecule has 2 aliphatic rings. The van der Waals surface area contributed by atoms with Gasteiger partial charge in [-0.25, -0.2) is 4.98 Å². The van der Waals surface area contributed by atoms with Crippen LogP contribution in [-0.2, 0) is 16.1 Å². The van der Waals surface area contributed by atoms with Crippen molar-refractivity contribution >= 4 is 29.3 Å². The van der Waals surface area contributed by atoms with Gasteiger partial charge in [0.2, 0.25) is 5.91 Å². The highest BCUT2D eigenvalue weighted by atomic mass is 35.5. The molecule has 0 N–H and O–H groups in total. The van der Waals surface area contributed by atoms with Crippen molar-refractivity contribution in [2.45, 2.75) is 45.8 Å². The van der Waals surface area contributed by atoms with Crippen LogP contribution in [0.2, 0.25) is 5.15 Å². The van der Waals surface area contributed by atoms with E-state index in [-0.39, 0.29) is 5.91 Å². The lowest BCUT2D eigenvalue weighted by atomic mass is 9.81. The maximum atomic E-state index is 11.9. The average Bonchev–Trinajstić information content (AvgIpc) is 2.80. The Balaban J connectivity index is 1.69. The second-order valence-electron chi connectivity index (χ2n) is 8.81. The van der Waals surface area contributed by atoms with E-state index in [1.165, 1.54) is 5.57 Å². The van der Waals surface area contributed by atoms with Gasteiger partial charge in [0.15, 0.2) is 5.75 Å². The van der Waals surface area contributed by atoms with Crippen molar-refractivity contribution < 1.29 is 14.3 Å². The molecule has 4 rings (SSSR count). The molecule has 0 saturated carbocycles. The van der Waals surface area contributed by atoms with E-state index in [1.807, 2.05) is 49.1 Å². The number of amides is 1. The fraction of sp³-hybridized carbons (Fsp3) is 0.462. The number of aryl methyl sites for hydroxylation is 1. The van der Waals surface area contributed by atoms with E-state index in [1.54, 1.807) is 6.92 Å². The average molecular weight is 470 g/mol. The summed E-state index contributed by atoms with van der Waals surface area (Å²) in [5.41, 5.74) is 4.45. The van der Waals surface area contributed by atoms with Gasteiger partial charge in [0.1, 0.15) is 11.8 Å². The molecule has 0 unspecified atom stereocenters. The fourth-order valence-electron chi connectivity index (χ4n) is 4.91. The van der Waals surface area contributed by atoms with Crippen molar-refractivity contribution in [1.29, 1.82) is 0 Å². The maximum Gasteiger partial charge on any atom is 0.219 e. The van der Waals surface area contributed by atoms with E-state index in [0.717, 1.165) is 41.1 Å². The first kappa shape index (κ1) is 23.6. The topological polar surface area (TPSA) is 54.9 Å². The van der Waals surface area contributed by atoms with Gasteiger partial charge in [-0.05, 0) is 43.9 Å². The molecule has 2 aliphatic heterocycles. The van der Waals surface area contributed by atoms with Crippen LogP contribution in [0.15, 0.2) is 35.9 Å². The van der Waals surface area contributed by atoms with E-state index in [0.29, 0.717) is 38.0 Å². The predicted molar refractivity (Wildman–Crippen MR) is 132 cm³/mol. The molecular formula is C26H32ClN3O3. The van der Waals surface area contributed by atoms with E-state index in [9.17, 15) is 4.79 Å². The molecule has 1 saturated heterocycles. The third-order valence-corrected chi connectivity index (χ3v) is 6.93. The predicted octanol–water partition coefficient (Wildman–Crippen LogP) is 4.87. The Morgan fingerprint density at radius 3 is 2.55 bits per heavy atom. The van der Waals surface area contributed by atoms with Gasteiger partial charge < -0.3 is 19.3 Å². The SMILES string of the molecule is CCOC1(C2=Cc3c(Cl)nc(C)c(OCc4ccccc4)c3N(C)C2)CCN(C(C)=O)CC1. The zero-order valence-electron chi connectivity index (χ0n) is 19.9. The Morgan fingerprint density at radius 2 is 1.91 bits per heavy atom. The number of nitrogens with zero attached hydrogens (tertiary/aromatic N) is 3. The number of aromatic nitrogens is 1. The molecule has 3 heterocycles. The zero-order valence-corrected chi connectivity index (χ0v) is 20.6. The Morgan fingerprint density at radius 1 is 1.21 bits per heavy atom. The number of anilines is 1. The number of hydrogen-bond acceptors (Lipinski definition) is 5. The lowest BCUT2D eigenvalue weighted by molar-refractivity contribution is -0.133. The third kappa shape index (κ3) is 4.73. The summed E-state index contributed by atoms with van der Waals surface area (Å²) < 4.78 is 12.6. The summed E-state index contributed by atoms with van der Waals surface area (Å²) >= 11 is 6.66. The number of fused-ring (bicyclic) bond motifs is 1. The molecular weight excluding hydrogens is 438 g/mol. The number of pyridine rings is 1. The molecule has 0 radical (unpaired) electrons. The molecule has 0 bridgehead atoms. The van der Waals surface area contributed by atoms with Gasteiger partial charge in [0.05, 0.1) is 17.0 Å². The Labute approximate surface area is 201 Å². The molecule has 1 aromatic carbocycles. The summed E-state index contributed by atoms with van der Waals surface area (Å²) in [4.78, 5) is 20.5. The van der Waals surface area contributed by atoms with Crippen molar-refractivity contribution in [3.63, 3.8) is 0 Å². The highest BCUT2D eigenvalue weighted by Gasteiger charge is 2.41. The Bertz CT molecular complexity index is 1050. The summed E-state index contributed by atoms with van der Waals surface area (Å²) in [6.07, 6.45) is 3.67. The quantitative estimate of drug-likeness (QED) is 0.565. The number of carbonyl (C=O) groups excluding carboxylic acids is 1. The van der Waals surface area contributed by atoms with E-state index in [2.05, 4.69) is 23.0 Å². The van der Waals surface area contributed by atoms with Gasteiger partial charge in [0, 0.05) is 45.8 Å². The van der Waals surface area contributed by atoms with Crippen molar-refractivity contribution in [2.75, 3.05) is 38.2 Å². The Hall–Kier alpha value is -2.57. The maximum absolute atomic E-state index is 11.9. The summed E-state index contributed by atoms with van der Waals surface area (Å²) in [5.74, 6) is 0.871. The molecule has 1 amide bonds. The summed E-state index contributed by atoms with van der Waals surface area (Å²) in [7, 11) is 2.06. The molecule has 7 heteroatoms. The van der Waals surface area contributed by atoms with Crippen LogP contribution in [0.3, 0.4) is 0 Å². The molecule has 6 nitrogen and oxygen atoms in total. The minimum absolute atomic E-state index is 0.114. The second-order valence-corrected chi connectivity index (χ2v) is 9.17. The summed E-state index contributed by atoms with van der Waals surface area (Å²) in [6.45, 7) is 8.73. The molecule has 0 spiro atoms. The van der Waals surface area contributed by atoms with E-state index < -0.39 is 5.60 Å². The van der Waals surface area contributed by atoms with Gasteiger partial charge in [0.25, 0.3) is 0 Å². The first-order valence-electron chi connectivity index (χ1n) is 11.5. The van der Waals surface area contributed by atoms with Crippen LogP contribution in [0.5, 0.6) is 5.75 Å². The van der Waals surface area contributed by atoms with Gasteiger partial charge in [-0.2, -0.15) is 0 Å². The number of piperidine rings is 1. The lowest BCUT2D eigenvalue weighted by Crippen LogP contribution is -2.50. The standard InChI is InChI=1S/C26H32ClN3O3/c1-5-33-26(11-13-30(14-12-26)19(3)31)21-15-22-23(29(4)16-21)24(18(2)28-25(22)27)32-17-20-9-7-6-8-10-20/h6-10,15H,5,11-14,16-17H2,1-4H3. The molecule has 33 heavy (non-hydrogen) atoms. The van der Waals surface area contributed by atoms with Crippen molar-refractivity contribution in [3.05, 3.63) is 57.9 Å². The normalized spacial score (nSPS) is 17.4. The number of likely N-dealkylation sites (N-methyl/N-ethyl adjacent to an activating group) is 1. The van der Waals surface area contributed by atoms with Crippen LogP contribution >= 0.6 is 11.6 Å². The van der Waals surface area contributed by atoms with Crippen LogP contribution < -0.4 is 9.64 Å². The van der Waals surface area contributed by atoms with Crippen molar-refractivity contribution in [2.24, 2.45) is 0 Å². The first-order valence-corrected chi connectivity index (χ1v) is 11.9. The van der Waals surface area contributed by atoms with E-state index in [4.69, 9.17) is 21.1 Å². The highest BCUT2D eigenvalue weighted by molar-refractivity contribution is 6.31. The van der Waals surface area contributed by atoms with Crippen LogP contribution in [0.1, 0.15) is 43.5 Å². The third-order valence-electron chi connectivity index (χ3n) is 6.64. The molecule has 176 valence electrons. The van der Waals surface area contributed by atoms with Gasteiger partial charge in [-0.3, -0.25) is 4.79 Å². The number of likely N-dealkylation sites (tertiary alicyclic amines) is 1. The summed E-state index contributed by atoms with van der Waals surface area (Å²) in [5, 5.41) is 0.464. The number of carbonyl (C=O) groups is 1. The van der Waals surface area contributed by atoms with E-state index >= 15 is 0 Å². The number of hydrogen-bond donors (Lipinski definition) is 0. The van der Waals surface area contributed by atoms with Crippen LogP contribution in [0, 0.1) is 6.92 Å². The molecule has 2 aromatic rings. The molecule has 1 fully saturated rings. The van der Waals surface area contributed by atoms with Crippen LogP contribution in [0.4, 0.5) is 5.69 Å². The molecule has 0 atom stereocenters. The lowest BCUT2D eigenvalue weighted by Gasteiger charge is -2.45. The Kier molecular flexibility index (Phi) is 6.96. The number of halogens is 1. The monoisotopic (exact) mass is 469 g/mol. The molecule has 0 aliphatic carbocycles. The smallest absolute Gasteiger partial charge is 0.219 e. The van der Waals surface area contributed by atoms with Crippen molar-refractivity contribution in [1.82, 2.24) is 9.88 Å². The minimum atomic E-state index is -0.411. The zero-order chi connectivity index (χ0) is 23.6. The number of ether oxygens (including phenoxy) is 2.